The molecule has 3 rings (SSSR count). The van der Waals surface area contributed by atoms with Crippen molar-refractivity contribution in [2.75, 3.05) is 12.4 Å². The predicted molar refractivity (Wildman–Crippen MR) is 116 cm³/mol. The average Bonchev–Trinajstić information content (AvgIpc) is 3.12. The first-order valence-electron chi connectivity index (χ1n) is 8.99. The highest BCUT2D eigenvalue weighted by Gasteiger charge is 2.22. The van der Waals surface area contributed by atoms with Gasteiger partial charge in [-0.25, -0.2) is 4.68 Å². The summed E-state index contributed by atoms with van der Waals surface area (Å²) in [6.45, 7) is 6.17. The number of aromatic nitrogens is 2. The van der Waals surface area contributed by atoms with Crippen molar-refractivity contribution in [2.24, 2.45) is 0 Å². The lowest BCUT2D eigenvalue weighted by Crippen LogP contribution is -2.16. The van der Waals surface area contributed by atoms with E-state index in [0.717, 1.165) is 11.4 Å². The van der Waals surface area contributed by atoms with E-state index in [1.807, 2.05) is 6.07 Å². The number of nitrogens with one attached hydrogen (secondary N) is 1. The van der Waals surface area contributed by atoms with Gasteiger partial charge in [0.15, 0.2) is 0 Å². The van der Waals surface area contributed by atoms with Gasteiger partial charge < -0.3 is 10.1 Å². The zero-order chi connectivity index (χ0) is 21.2. The second kappa shape index (κ2) is 8.10. The number of hydrogen-bond donors (Lipinski definition) is 1. The van der Waals surface area contributed by atoms with Gasteiger partial charge in [-0.15, -0.1) is 0 Å². The highest BCUT2D eigenvalue weighted by Crippen LogP contribution is 2.28. The molecule has 0 radical (unpaired) electrons. The van der Waals surface area contributed by atoms with Gasteiger partial charge in [0.25, 0.3) is 5.91 Å². The van der Waals surface area contributed by atoms with E-state index in [2.05, 4.69) is 48.1 Å². The van der Waals surface area contributed by atoms with E-state index in [0.29, 0.717) is 27.2 Å². The van der Waals surface area contributed by atoms with E-state index in [9.17, 15) is 4.79 Å². The maximum absolute atomic E-state index is 13.0. The number of carbonyl (C=O) groups is 1. The van der Waals surface area contributed by atoms with Gasteiger partial charge in [0, 0.05) is 16.0 Å². The summed E-state index contributed by atoms with van der Waals surface area (Å²) in [5.41, 5.74) is 2.40. The van der Waals surface area contributed by atoms with Gasteiger partial charge in [-0.05, 0) is 58.4 Å². The first-order chi connectivity index (χ1) is 13.7. The molecule has 7 heteroatoms. The third-order valence-electron chi connectivity index (χ3n) is 4.38. The van der Waals surface area contributed by atoms with Crippen molar-refractivity contribution in [1.82, 2.24) is 9.78 Å². The van der Waals surface area contributed by atoms with Gasteiger partial charge in [-0.1, -0.05) is 20.8 Å². The molecule has 0 aliphatic heterocycles. The van der Waals surface area contributed by atoms with Crippen LogP contribution in [0.4, 0.5) is 5.82 Å². The molecule has 6 nitrogen and oxygen atoms in total. The van der Waals surface area contributed by atoms with Gasteiger partial charge in [-0.2, -0.15) is 10.4 Å². The Hall–Kier alpha value is -3.11. The average molecular weight is 453 g/mol. The van der Waals surface area contributed by atoms with E-state index in [4.69, 9.17) is 15.1 Å². The third kappa shape index (κ3) is 4.49. The summed E-state index contributed by atoms with van der Waals surface area (Å²) in [4.78, 5) is 13.0. The lowest BCUT2D eigenvalue weighted by Gasteiger charge is -2.14. The van der Waals surface area contributed by atoms with Crippen LogP contribution in [0.15, 0.2) is 53.0 Å². The number of nitriles is 1. The van der Waals surface area contributed by atoms with Crippen molar-refractivity contribution in [3.63, 3.8) is 0 Å². The second-order valence-electron chi connectivity index (χ2n) is 7.54. The van der Waals surface area contributed by atoms with Gasteiger partial charge >= 0.3 is 0 Å². The minimum Gasteiger partial charge on any atom is -0.497 e. The van der Waals surface area contributed by atoms with Crippen LogP contribution in [0.1, 0.15) is 42.4 Å². The molecule has 3 aromatic rings. The Labute approximate surface area is 178 Å². The summed E-state index contributed by atoms with van der Waals surface area (Å²) >= 11 is 3.42. The number of carbonyl (C=O) groups excluding carboxylic acids is 1. The third-order valence-corrected chi connectivity index (χ3v) is 5.07. The van der Waals surface area contributed by atoms with E-state index in [1.54, 1.807) is 54.3 Å². The van der Waals surface area contributed by atoms with Crippen molar-refractivity contribution in [3.05, 3.63) is 69.8 Å². The van der Waals surface area contributed by atoms with Crippen LogP contribution < -0.4 is 10.1 Å². The number of anilines is 1. The van der Waals surface area contributed by atoms with Crippen LogP contribution in [0.2, 0.25) is 0 Å². The van der Waals surface area contributed by atoms with Crippen molar-refractivity contribution in [3.8, 4) is 17.5 Å². The Bertz CT molecular complexity index is 1090. The molecule has 148 valence electrons. The molecule has 0 saturated carbocycles. The van der Waals surface area contributed by atoms with Gasteiger partial charge in [-0.3, -0.25) is 4.79 Å². The Kier molecular flexibility index (Phi) is 5.76. The Morgan fingerprint density at radius 1 is 1.17 bits per heavy atom. The largest absolute Gasteiger partial charge is 0.497 e. The second-order valence-corrected chi connectivity index (χ2v) is 8.39. The Morgan fingerprint density at radius 2 is 1.86 bits per heavy atom. The predicted octanol–water partition coefficient (Wildman–Crippen LogP) is 5.06. The smallest absolute Gasteiger partial charge is 0.258 e. The molecular formula is C22H21BrN4O2. The molecule has 0 saturated heterocycles. The van der Waals surface area contributed by atoms with Gasteiger partial charge in [0.05, 0.1) is 35.7 Å². The van der Waals surface area contributed by atoms with Crippen LogP contribution in [-0.4, -0.2) is 22.8 Å². The van der Waals surface area contributed by atoms with Crippen LogP contribution in [0.25, 0.3) is 5.69 Å². The fourth-order valence-electron chi connectivity index (χ4n) is 2.70. The van der Waals surface area contributed by atoms with Crippen LogP contribution in [-0.2, 0) is 5.41 Å². The van der Waals surface area contributed by atoms with E-state index in [1.165, 1.54) is 0 Å². The van der Waals surface area contributed by atoms with Crippen LogP contribution in [0.3, 0.4) is 0 Å². The molecule has 0 fully saturated rings. The van der Waals surface area contributed by atoms with Gasteiger partial charge in [0.2, 0.25) is 0 Å². The van der Waals surface area contributed by atoms with Crippen LogP contribution in [0, 0.1) is 11.3 Å². The van der Waals surface area contributed by atoms with E-state index < -0.39 is 0 Å². The number of amides is 1. The summed E-state index contributed by atoms with van der Waals surface area (Å²) < 4.78 is 7.57. The monoisotopic (exact) mass is 452 g/mol. The van der Waals surface area contributed by atoms with Crippen molar-refractivity contribution >= 4 is 27.7 Å². The van der Waals surface area contributed by atoms with Crippen LogP contribution in [0.5, 0.6) is 5.75 Å². The lowest BCUT2D eigenvalue weighted by molar-refractivity contribution is 0.102. The highest BCUT2D eigenvalue weighted by atomic mass is 79.9. The first-order valence-corrected chi connectivity index (χ1v) is 9.78. The first kappa shape index (κ1) is 20.6. The summed E-state index contributed by atoms with van der Waals surface area (Å²) in [5, 5.41) is 16.7. The molecule has 0 aliphatic carbocycles. The molecule has 0 unspecified atom stereocenters. The molecule has 29 heavy (non-hydrogen) atoms. The van der Waals surface area contributed by atoms with E-state index in [-0.39, 0.29) is 11.3 Å². The molecule has 1 amide bonds. The zero-order valence-electron chi connectivity index (χ0n) is 16.7. The maximum atomic E-state index is 13.0. The summed E-state index contributed by atoms with van der Waals surface area (Å²) in [6, 6.07) is 16.2. The van der Waals surface area contributed by atoms with E-state index >= 15 is 0 Å². The minimum atomic E-state index is -0.286. The van der Waals surface area contributed by atoms with Crippen molar-refractivity contribution < 1.29 is 9.53 Å². The molecule has 0 aliphatic rings. The Balaban J connectivity index is 2.02. The van der Waals surface area contributed by atoms with Crippen molar-refractivity contribution in [1.29, 1.82) is 5.26 Å². The number of benzene rings is 2. The number of nitrogens with zero attached hydrogens (tertiary/aromatic N) is 3. The molecule has 2 aromatic carbocycles. The molecule has 1 aromatic heterocycles. The quantitative estimate of drug-likeness (QED) is 0.599. The fourth-order valence-corrected chi connectivity index (χ4v) is 3.13. The van der Waals surface area contributed by atoms with Crippen LogP contribution >= 0.6 is 15.9 Å². The van der Waals surface area contributed by atoms with Gasteiger partial charge in [0.1, 0.15) is 11.6 Å². The summed E-state index contributed by atoms with van der Waals surface area (Å²) in [7, 11) is 1.56. The molecule has 0 bridgehead atoms. The highest BCUT2D eigenvalue weighted by molar-refractivity contribution is 9.10. The molecule has 1 heterocycles. The number of halogens is 1. The SMILES string of the molecule is COc1ccc(Br)c(C(=O)Nc2cc(C(C)(C)C)nn2-c2ccc(C#N)cc2)c1. The molecular weight excluding hydrogens is 432 g/mol. The lowest BCUT2D eigenvalue weighted by atomic mass is 9.92. The summed E-state index contributed by atoms with van der Waals surface area (Å²) in [6.07, 6.45) is 0. The summed E-state index contributed by atoms with van der Waals surface area (Å²) in [5.74, 6) is 0.847. The number of methoxy groups -OCH3 is 1. The minimum absolute atomic E-state index is 0.201. The fraction of sp³-hybridized carbons (Fsp3) is 0.227. The zero-order valence-corrected chi connectivity index (χ0v) is 18.2. The topological polar surface area (TPSA) is 79.9 Å². The standard InChI is InChI=1S/C22H21BrN4O2/c1-22(2,3)19-12-20(27(26-19)15-7-5-14(13-24)6-8-15)25-21(28)17-11-16(29-4)9-10-18(17)23/h5-12H,1-4H3,(H,25,28). The maximum Gasteiger partial charge on any atom is 0.258 e. The number of hydrogen-bond acceptors (Lipinski definition) is 4. The number of ether oxygens (including phenoxy) is 1. The Morgan fingerprint density at radius 3 is 2.45 bits per heavy atom. The van der Waals surface area contributed by atoms with Crippen molar-refractivity contribution in [2.45, 2.75) is 26.2 Å². The molecule has 0 atom stereocenters. The normalized spacial score (nSPS) is 11.0. The molecule has 0 spiro atoms. The molecule has 1 N–H and O–H groups in total. The number of rotatable bonds is 4.